The summed E-state index contributed by atoms with van der Waals surface area (Å²) in [7, 11) is 0. The Bertz CT molecular complexity index is 892. The number of hydrogen-bond donors (Lipinski definition) is 1. The van der Waals surface area contributed by atoms with Crippen LogP contribution in [0, 0.1) is 0 Å². The predicted octanol–water partition coefficient (Wildman–Crippen LogP) is 4.36. The Morgan fingerprint density at radius 1 is 1.00 bits per heavy atom. The second-order valence-corrected chi connectivity index (χ2v) is 5.84. The van der Waals surface area contributed by atoms with Crippen molar-refractivity contribution in [3.63, 3.8) is 0 Å². The summed E-state index contributed by atoms with van der Waals surface area (Å²) in [5, 5.41) is 1.75. The molecule has 4 nitrogen and oxygen atoms in total. The number of aromatic nitrogens is 2. The zero-order chi connectivity index (χ0) is 15.9. The van der Waals surface area contributed by atoms with Gasteiger partial charge >= 0.3 is 0 Å². The third-order valence-corrected chi connectivity index (χ3v) is 4.00. The van der Waals surface area contributed by atoms with Crippen LogP contribution in [0.1, 0.15) is 10.4 Å². The Kier molecular flexibility index (Phi) is 3.91. The number of amides is 1. The summed E-state index contributed by atoms with van der Waals surface area (Å²) in [5.74, 6) is -0.643. The van der Waals surface area contributed by atoms with Crippen molar-refractivity contribution in [2.24, 2.45) is 5.73 Å². The lowest BCUT2D eigenvalue weighted by Crippen LogP contribution is -2.12. The summed E-state index contributed by atoms with van der Waals surface area (Å²) in [6.07, 6.45) is 4.52. The van der Waals surface area contributed by atoms with Crippen molar-refractivity contribution in [2.45, 2.75) is 0 Å². The average Bonchev–Trinajstić information content (AvgIpc) is 2.45. The van der Waals surface area contributed by atoms with Gasteiger partial charge in [0.1, 0.15) is 0 Å². The molecule has 0 saturated heterocycles. The van der Waals surface area contributed by atoms with Crippen LogP contribution < -0.4 is 5.73 Å². The minimum atomic E-state index is -0.643. The van der Waals surface area contributed by atoms with Crippen LogP contribution in [0.4, 0.5) is 0 Å². The second-order valence-electron chi connectivity index (χ2n) is 4.59. The van der Waals surface area contributed by atoms with Gasteiger partial charge < -0.3 is 5.73 Å². The zero-order valence-corrected chi connectivity index (χ0v) is 13.2. The van der Waals surface area contributed by atoms with Crippen molar-refractivity contribution in [1.29, 1.82) is 0 Å². The molecule has 1 aromatic carbocycles. The molecule has 22 heavy (non-hydrogen) atoms. The molecular formula is C15H8Cl3N3O. The quantitative estimate of drug-likeness (QED) is 0.745. The van der Waals surface area contributed by atoms with Gasteiger partial charge in [0.15, 0.2) is 0 Å². The van der Waals surface area contributed by atoms with Gasteiger partial charge in [-0.25, -0.2) is 0 Å². The first-order chi connectivity index (χ1) is 10.5. The molecule has 0 spiro atoms. The molecular weight excluding hydrogens is 345 g/mol. The molecule has 0 bridgehead atoms. The Labute approximate surface area is 140 Å². The number of carbonyl (C=O) groups excluding carboxylic acids is 1. The van der Waals surface area contributed by atoms with E-state index in [0.717, 1.165) is 5.56 Å². The summed E-state index contributed by atoms with van der Waals surface area (Å²) in [6, 6.07) is 5.14. The highest BCUT2D eigenvalue weighted by Crippen LogP contribution is 2.34. The van der Waals surface area contributed by atoms with Crippen LogP contribution in [0.15, 0.2) is 36.8 Å². The van der Waals surface area contributed by atoms with E-state index in [2.05, 4.69) is 9.97 Å². The van der Waals surface area contributed by atoms with Crippen molar-refractivity contribution < 1.29 is 4.79 Å². The van der Waals surface area contributed by atoms with Crippen molar-refractivity contribution in [3.8, 4) is 11.1 Å². The van der Waals surface area contributed by atoms with Crippen LogP contribution in [0.25, 0.3) is 22.0 Å². The van der Waals surface area contributed by atoms with Crippen LogP contribution in [0.2, 0.25) is 15.1 Å². The lowest BCUT2D eigenvalue weighted by Gasteiger charge is -2.09. The molecule has 2 N–H and O–H groups in total. The molecule has 2 heterocycles. The minimum Gasteiger partial charge on any atom is -0.366 e. The van der Waals surface area contributed by atoms with Crippen LogP contribution in [-0.4, -0.2) is 15.9 Å². The number of benzene rings is 1. The average molecular weight is 353 g/mol. The minimum absolute atomic E-state index is 0.150. The van der Waals surface area contributed by atoms with Gasteiger partial charge in [0.2, 0.25) is 0 Å². The summed E-state index contributed by atoms with van der Waals surface area (Å²) in [4.78, 5) is 19.8. The highest BCUT2D eigenvalue weighted by atomic mass is 35.5. The van der Waals surface area contributed by atoms with E-state index in [-0.39, 0.29) is 10.6 Å². The Morgan fingerprint density at radius 3 is 2.32 bits per heavy atom. The van der Waals surface area contributed by atoms with Gasteiger partial charge in [-0.15, -0.1) is 0 Å². The summed E-state index contributed by atoms with van der Waals surface area (Å²) in [5.41, 5.74) is 7.48. The predicted molar refractivity (Wildman–Crippen MR) is 88.5 cm³/mol. The summed E-state index contributed by atoms with van der Waals surface area (Å²) < 4.78 is 0. The monoisotopic (exact) mass is 351 g/mol. The molecule has 0 unspecified atom stereocenters. The van der Waals surface area contributed by atoms with Crippen molar-refractivity contribution in [3.05, 3.63) is 57.4 Å². The van der Waals surface area contributed by atoms with Crippen LogP contribution in [0.5, 0.6) is 0 Å². The summed E-state index contributed by atoms with van der Waals surface area (Å²) in [6.45, 7) is 0. The Morgan fingerprint density at radius 2 is 1.68 bits per heavy atom. The summed E-state index contributed by atoms with van der Waals surface area (Å²) >= 11 is 18.3. The number of carbonyl (C=O) groups is 1. The maximum Gasteiger partial charge on any atom is 0.251 e. The number of nitrogens with zero attached hydrogens (tertiary/aromatic N) is 2. The maximum absolute atomic E-state index is 11.4. The number of nitrogens with two attached hydrogens (primary N) is 1. The number of rotatable bonds is 2. The van der Waals surface area contributed by atoms with Crippen molar-refractivity contribution >= 4 is 51.6 Å². The van der Waals surface area contributed by atoms with Gasteiger partial charge in [-0.3, -0.25) is 14.8 Å². The number of fused-ring (bicyclic) bond motifs is 1. The second kappa shape index (κ2) is 5.72. The maximum atomic E-state index is 11.4. The van der Waals surface area contributed by atoms with Crippen LogP contribution in [-0.2, 0) is 0 Å². The fourth-order valence-corrected chi connectivity index (χ4v) is 2.98. The molecule has 0 aliphatic carbocycles. The van der Waals surface area contributed by atoms with Gasteiger partial charge in [-0.2, -0.15) is 0 Å². The van der Waals surface area contributed by atoms with E-state index < -0.39 is 5.91 Å². The first-order valence-electron chi connectivity index (χ1n) is 6.16. The van der Waals surface area contributed by atoms with E-state index in [4.69, 9.17) is 40.5 Å². The molecule has 0 fully saturated rings. The molecule has 0 aliphatic rings. The Hall–Kier alpha value is -1.88. The number of primary amides is 1. The lowest BCUT2D eigenvalue weighted by atomic mass is 10.0. The molecule has 0 saturated carbocycles. The molecule has 0 aliphatic heterocycles. The fourth-order valence-electron chi connectivity index (χ4n) is 2.18. The molecule has 1 amide bonds. The first-order valence-corrected chi connectivity index (χ1v) is 7.29. The van der Waals surface area contributed by atoms with Crippen molar-refractivity contribution in [2.75, 3.05) is 0 Å². The van der Waals surface area contributed by atoms with E-state index in [1.807, 2.05) is 0 Å². The SMILES string of the molecule is NC(=O)c1cnc2c(-c3cc(Cl)cc(Cl)c3)cncc2c1Cl. The standard InChI is InChI=1S/C15H8Cl3N3O/c16-8-1-7(2-9(17)3-8)10-4-20-5-11-13(18)12(15(19)22)6-21-14(10)11/h1-6H,(H2,19,22). The highest BCUT2D eigenvalue weighted by Gasteiger charge is 2.15. The molecule has 3 aromatic rings. The smallest absolute Gasteiger partial charge is 0.251 e. The van der Waals surface area contributed by atoms with Gasteiger partial charge in [0.05, 0.1) is 16.1 Å². The van der Waals surface area contributed by atoms with Gasteiger partial charge in [0.25, 0.3) is 5.91 Å². The molecule has 110 valence electrons. The highest BCUT2D eigenvalue weighted by molar-refractivity contribution is 6.38. The molecule has 3 rings (SSSR count). The van der Waals surface area contributed by atoms with E-state index >= 15 is 0 Å². The lowest BCUT2D eigenvalue weighted by molar-refractivity contribution is 0.100. The van der Waals surface area contributed by atoms with E-state index in [1.54, 1.807) is 24.4 Å². The largest absolute Gasteiger partial charge is 0.366 e. The number of pyridine rings is 2. The number of halogens is 3. The first kappa shape index (κ1) is 15.0. The van der Waals surface area contributed by atoms with E-state index in [0.29, 0.717) is 26.5 Å². The normalized spacial score (nSPS) is 10.9. The third kappa shape index (κ3) is 2.61. The fraction of sp³-hybridized carbons (Fsp3) is 0. The third-order valence-electron chi connectivity index (χ3n) is 3.15. The van der Waals surface area contributed by atoms with Gasteiger partial charge in [-0.1, -0.05) is 34.8 Å². The van der Waals surface area contributed by atoms with E-state index in [1.165, 1.54) is 12.4 Å². The molecule has 2 aromatic heterocycles. The van der Waals surface area contributed by atoms with Crippen LogP contribution in [0.3, 0.4) is 0 Å². The van der Waals surface area contributed by atoms with E-state index in [9.17, 15) is 4.79 Å². The molecule has 0 radical (unpaired) electrons. The van der Waals surface area contributed by atoms with Crippen molar-refractivity contribution in [1.82, 2.24) is 9.97 Å². The zero-order valence-electron chi connectivity index (χ0n) is 11.0. The van der Waals surface area contributed by atoms with Gasteiger partial charge in [0, 0.05) is 39.6 Å². The topological polar surface area (TPSA) is 68.9 Å². The Balaban J connectivity index is 2.32. The number of hydrogen-bond acceptors (Lipinski definition) is 3. The van der Waals surface area contributed by atoms with Gasteiger partial charge in [-0.05, 0) is 23.8 Å². The van der Waals surface area contributed by atoms with Crippen LogP contribution >= 0.6 is 34.8 Å². The molecule has 7 heteroatoms. The molecule has 0 atom stereocenters.